The van der Waals surface area contributed by atoms with Crippen LogP contribution in [0.3, 0.4) is 0 Å². The SMILES string of the molecule is CCC(C)(C)C1CCC(NC(=O)[C@@H](C)NC(=O)OC(C)(C)C)CC1. The van der Waals surface area contributed by atoms with E-state index < -0.39 is 17.7 Å². The molecule has 0 aromatic heterocycles. The number of nitrogens with one attached hydrogen (secondary N) is 2. The standard InChI is InChI=1S/C19H36N2O3/c1-8-19(6,7)14-9-11-15(12-10-14)21-16(22)13(2)20-17(23)24-18(3,4)5/h13-15H,8-12H2,1-7H3,(H,20,23)(H,21,22)/t13-,14?,15?/m1/s1. The van der Waals surface area contributed by atoms with Gasteiger partial charge in [-0.3, -0.25) is 4.79 Å². The van der Waals surface area contributed by atoms with Gasteiger partial charge in [0.25, 0.3) is 0 Å². The summed E-state index contributed by atoms with van der Waals surface area (Å²) in [6, 6.07) is -0.381. The van der Waals surface area contributed by atoms with E-state index in [0.29, 0.717) is 5.41 Å². The fourth-order valence-electron chi connectivity index (χ4n) is 3.18. The van der Waals surface area contributed by atoms with Crippen molar-refractivity contribution in [2.75, 3.05) is 0 Å². The zero-order valence-electron chi connectivity index (χ0n) is 16.5. The second-order valence-corrected chi connectivity index (χ2v) is 8.77. The van der Waals surface area contributed by atoms with Crippen LogP contribution in [0.15, 0.2) is 0 Å². The number of amides is 2. The topological polar surface area (TPSA) is 67.4 Å². The van der Waals surface area contributed by atoms with E-state index in [2.05, 4.69) is 31.4 Å². The van der Waals surface area contributed by atoms with E-state index in [4.69, 9.17) is 4.74 Å². The van der Waals surface area contributed by atoms with Crippen LogP contribution in [0.4, 0.5) is 4.79 Å². The number of ether oxygens (including phenoxy) is 1. The maximum atomic E-state index is 12.3. The van der Waals surface area contributed by atoms with Crippen molar-refractivity contribution in [3.05, 3.63) is 0 Å². The lowest BCUT2D eigenvalue weighted by Gasteiger charge is -2.39. The minimum absolute atomic E-state index is 0.140. The van der Waals surface area contributed by atoms with E-state index in [1.807, 2.05) is 0 Å². The van der Waals surface area contributed by atoms with Crippen molar-refractivity contribution >= 4 is 12.0 Å². The maximum absolute atomic E-state index is 12.3. The molecule has 0 aliphatic heterocycles. The van der Waals surface area contributed by atoms with Gasteiger partial charge in [0.1, 0.15) is 11.6 Å². The summed E-state index contributed by atoms with van der Waals surface area (Å²) >= 11 is 0. The fraction of sp³-hybridized carbons (Fsp3) is 0.895. The van der Waals surface area contributed by atoms with Gasteiger partial charge in [-0.1, -0.05) is 27.2 Å². The third-order valence-corrected chi connectivity index (χ3v) is 5.22. The molecule has 0 radical (unpaired) electrons. The fourth-order valence-corrected chi connectivity index (χ4v) is 3.18. The van der Waals surface area contributed by atoms with Crippen molar-refractivity contribution in [2.45, 2.75) is 98.3 Å². The number of rotatable bonds is 5. The van der Waals surface area contributed by atoms with Crippen molar-refractivity contribution in [3.8, 4) is 0 Å². The Morgan fingerprint density at radius 1 is 1.08 bits per heavy atom. The first-order valence-corrected chi connectivity index (χ1v) is 9.24. The number of hydrogen-bond acceptors (Lipinski definition) is 3. The molecular weight excluding hydrogens is 304 g/mol. The predicted molar refractivity (Wildman–Crippen MR) is 96.8 cm³/mol. The molecule has 1 saturated carbocycles. The van der Waals surface area contributed by atoms with Crippen LogP contribution in [-0.4, -0.2) is 29.7 Å². The van der Waals surface area contributed by atoms with E-state index in [0.717, 1.165) is 31.6 Å². The van der Waals surface area contributed by atoms with Crippen LogP contribution in [0.25, 0.3) is 0 Å². The van der Waals surface area contributed by atoms with Crippen LogP contribution in [0, 0.1) is 11.3 Å². The highest BCUT2D eigenvalue weighted by molar-refractivity contribution is 5.85. The largest absolute Gasteiger partial charge is 0.444 e. The lowest BCUT2D eigenvalue weighted by molar-refractivity contribution is -0.123. The van der Waals surface area contributed by atoms with Crippen LogP contribution in [0.1, 0.15) is 80.6 Å². The highest BCUT2D eigenvalue weighted by atomic mass is 16.6. The molecular formula is C19H36N2O3. The summed E-state index contributed by atoms with van der Waals surface area (Å²) in [6.07, 6.45) is 4.96. The van der Waals surface area contributed by atoms with E-state index in [-0.39, 0.29) is 11.9 Å². The predicted octanol–water partition coefficient (Wildman–Crippen LogP) is 4.01. The molecule has 0 spiro atoms. The monoisotopic (exact) mass is 340 g/mol. The summed E-state index contributed by atoms with van der Waals surface area (Å²) in [5, 5.41) is 5.66. The van der Waals surface area contributed by atoms with E-state index >= 15 is 0 Å². The van der Waals surface area contributed by atoms with E-state index in [9.17, 15) is 9.59 Å². The molecule has 5 heteroatoms. The Kier molecular flexibility index (Phi) is 7.11. The zero-order chi connectivity index (χ0) is 18.5. The van der Waals surface area contributed by atoms with Gasteiger partial charge in [-0.25, -0.2) is 4.79 Å². The van der Waals surface area contributed by atoms with E-state index in [1.165, 1.54) is 6.42 Å². The normalized spacial score (nSPS) is 23.3. The van der Waals surface area contributed by atoms with Gasteiger partial charge in [-0.15, -0.1) is 0 Å². The van der Waals surface area contributed by atoms with Crippen LogP contribution < -0.4 is 10.6 Å². The molecule has 2 N–H and O–H groups in total. The molecule has 0 bridgehead atoms. The van der Waals surface area contributed by atoms with Crippen molar-refractivity contribution in [2.24, 2.45) is 11.3 Å². The van der Waals surface area contributed by atoms with Gasteiger partial charge in [0.05, 0.1) is 0 Å². The average Bonchev–Trinajstić information content (AvgIpc) is 2.45. The van der Waals surface area contributed by atoms with Gasteiger partial charge >= 0.3 is 6.09 Å². The third kappa shape index (κ3) is 6.70. The quantitative estimate of drug-likeness (QED) is 0.794. The Bertz CT molecular complexity index is 432. The van der Waals surface area contributed by atoms with Crippen molar-refractivity contribution < 1.29 is 14.3 Å². The van der Waals surface area contributed by atoms with Gasteiger partial charge in [-0.2, -0.15) is 0 Å². The summed E-state index contributed by atoms with van der Waals surface area (Å²) in [7, 11) is 0. The highest BCUT2D eigenvalue weighted by Gasteiger charge is 2.32. The zero-order valence-corrected chi connectivity index (χ0v) is 16.5. The third-order valence-electron chi connectivity index (χ3n) is 5.22. The molecule has 0 unspecified atom stereocenters. The first-order chi connectivity index (χ1) is 10.9. The number of alkyl carbamates (subject to hydrolysis) is 1. The van der Waals surface area contributed by atoms with Gasteiger partial charge < -0.3 is 15.4 Å². The summed E-state index contributed by atoms with van der Waals surface area (Å²) in [5.74, 6) is 0.590. The maximum Gasteiger partial charge on any atom is 0.408 e. The lowest BCUT2D eigenvalue weighted by Crippen LogP contribution is -2.50. The van der Waals surface area contributed by atoms with E-state index in [1.54, 1.807) is 27.7 Å². The molecule has 1 rings (SSSR count). The highest BCUT2D eigenvalue weighted by Crippen LogP contribution is 2.40. The molecule has 0 aromatic rings. The smallest absolute Gasteiger partial charge is 0.408 e. The number of carbonyl (C=O) groups is 2. The van der Waals surface area contributed by atoms with Crippen LogP contribution in [0.2, 0.25) is 0 Å². The summed E-state index contributed by atoms with van der Waals surface area (Å²) in [5.41, 5.74) is -0.189. The van der Waals surface area contributed by atoms with Crippen LogP contribution >= 0.6 is 0 Å². The Labute approximate surface area is 147 Å². The Balaban J connectivity index is 2.39. The second-order valence-electron chi connectivity index (χ2n) is 8.77. The lowest BCUT2D eigenvalue weighted by atomic mass is 9.69. The summed E-state index contributed by atoms with van der Waals surface area (Å²) in [6.45, 7) is 14.0. The molecule has 0 heterocycles. The number of hydrogen-bond donors (Lipinski definition) is 2. The molecule has 0 saturated heterocycles. The van der Waals surface area contributed by atoms with Crippen molar-refractivity contribution in [1.82, 2.24) is 10.6 Å². The molecule has 140 valence electrons. The van der Waals surface area contributed by atoms with Gasteiger partial charge in [0.2, 0.25) is 5.91 Å². The Hall–Kier alpha value is -1.26. The minimum Gasteiger partial charge on any atom is -0.444 e. The van der Waals surface area contributed by atoms with Gasteiger partial charge in [0, 0.05) is 6.04 Å². The molecule has 5 nitrogen and oxygen atoms in total. The molecule has 1 atom stereocenters. The van der Waals surface area contributed by atoms with Crippen LogP contribution in [0.5, 0.6) is 0 Å². The van der Waals surface area contributed by atoms with Crippen LogP contribution in [-0.2, 0) is 9.53 Å². The van der Waals surface area contributed by atoms with Crippen molar-refractivity contribution in [1.29, 1.82) is 0 Å². The number of carbonyl (C=O) groups excluding carboxylic acids is 2. The summed E-state index contributed by atoms with van der Waals surface area (Å²) < 4.78 is 5.18. The van der Waals surface area contributed by atoms with Crippen molar-refractivity contribution in [3.63, 3.8) is 0 Å². The Morgan fingerprint density at radius 3 is 2.08 bits per heavy atom. The Morgan fingerprint density at radius 2 is 1.62 bits per heavy atom. The molecule has 1 aliphatic carbocycles. The second kappa shape index (κ2) is 8.21. The molecule has 1 aliphatic rings. The first-order valence-electron chi connectivity index (χ1n) is 9.24. The first kappa shape index (κ1) is 20.8. The van der Waals surface area contributed by atoms with Gasteiger partial charge in [0.15, 0.2) is 0 Å². The molecule has 24 heavy (non-hydrogen) atoms. The molecule has 2 amide bonds. The minimum atomic E-state index is -0.593. The molecule has 0 aromatic carbocycles. The van der Waals surface area contributed by atoms with Gasteiger partial charge in [-0.05, 0) is 64.7 Å². The average molecular weight is 341 g/mol. The molecule has 1 fully saturated rings. The summed E-state index contributed by atoms with van der Waals surface area (Å²) in [4.78, 5) is 24.0.